The zero-order valence-corrected chi connectivity index (χ0v) is 20.1. The van der Waals surface area contributed by atoms with Gasteiger partial charge in [0, 0.05) is 35.4 Å². The zero-order chi connectivity index (χ0) is 25.8. The van der Waals surface area contributed by atoms with Gasteiger partial charge in [-0.3, -0.25) is 5.10 Å². The van der Waals surface area contributed by atoms with Crippen molar-refractivity contribution in [3.63, 3.8) is 0 Å². The van der Waals surface area contributed by atoms with Gasteiger partial charge in [0.2, 0.25) is 5.82 Å². The molecule has 8 nitrogen and oxygen atoms in total. The fraction of sp³-hybridized carbons (Fsp3) is 0.231. The van der Waals surface area contributed by atoms with Crippen LogP contribution < -0.4 is 19.3 Å². The number of hydrogen-bond acceptors (Lipinski definition) is 6. The first-order valence-corrected chi connectivity index (χ1v) is 11.1. The molecule has 0 fully saturated rings. The lowest BCUT2D eigenvalue weighted by atomic mass is 9.93. The van der Waals surface area contributed by atoms with Crippen molar-refractivity contribution in [2.45, 2.75) is 19.4 Å². The quantitative estimate of drug-likeness (QED) is 0.372. The van der Waals surface area contributed by atoms with Crippen molar-refractivity contribution < 1.29 is 28.2 Å². The number of fused-ring (bicyclic) bond motifs is 2. The number of ether oxygens (including phenoxy) is 2. The van der Waals surface area contributed by atoms with Gasteiger partial charge in [-0.25, -0.2) is 9.18 Å². The normalized spacial score (nSPS) is 14.6. The third-order valence-electron chi connectivity index (χ3n) is 6.41. The molecule has 0 bridgehead atoms. The van der Waals surface area contributed by atoms with Crippen LogP contribution in [0.3, 0.4) is 0 Å². The number of aromatic nitrogens is 2. The van der Waals surface area contributed by atoms with E-state index in [2.05, 4.69) is 10.2 Å². The van der Waals surface area contributed by atoms with Gasteiger partial charge in [0.05, 0.1) is 37.2 Å². The summed E-state index contributed by atoms with van der Waals surface area (Å²) in [5.74, 6) is -2.19. The Morgan fingerprint density at radius 1 is 1.03 bits per heavy atom. The first-order chi connectivity index (χ1) is 17.2. The maximum absolute atomic E-state index is 16.1. The van der Waals surface area contributed by atoms with Gasteiger partial charge in [0.25, 0.3) is 0 Å². The van der Waals surface area contributed by atoms with Crippen LogP contribution in [0.4, 0.5) is 31.5 Å². The van der Waals surface area contributed by atoms with Crippen LogP contribution >= 0.6 is 0 Å². The number of aromatic amines is 1. The van der Waals surface area contributed by atoms with Crippen molar-refractivity contribution in [1.29, 1.82) is 0 Å². The molecular formula is C26H24F2N4O4. The molecule has 0 saturated carbocycles. The first kappa shape index (κ1) is 23.4. The molecule has 0 saturated heterocycles. The highest BCUT2D eigenvalue weighted by Gasteiger charge is 2.41. The van der Waals surface area contributed by atoms with Crippen molar-refractivity contribution in [3.05, 3.63) is 65.9 Å². The maximum atomic E-state index is 16.1. The molecule has 0 radical (unpaired) electrons. The lowest BCUT2D eigenvalue weighted by Crippen LogP contribution is -2.53. The minimum atomic E-state index is -1.04. The SMILES string of the molecule is COc1cc(N2c3cc4cn[nH]c4c(F)c3N(c3ccc(C(=O)O)cc3)CC2(C)C)cc(OC)c1F. The zero-order valence-electron chi connectivity index (χ0n) is 20.1. The fourth-order valence-electron chi connectivity index (χ4n) is 4.79. The van der Waals surface area contributed by atoms with E-state index in [0.29, 0.717) is 29.0 Å². The van der Waals surface area contributed by atoms with Crippen LogP contribution in [-0.2, 0) is 0 Å². The van der Waals surface area contributed by atoms with E-state index in [0.717, 1.165) is 0 Å². The summed E-state index contributed by atoms with van der Waals surface area (Å²) in [6.45, 7) is 4.29. The lowest BCUT2D eigenvalue weighted by molar-refractivity contribution is 0.0697. The Morgan fingerprint density at radius 3 is 2.25 bits per heavy atom. The lowest BCUT2D eigenvalue weighted by Gasteiger charge is -2.50. The van der Waals surface area contributed by atoms with E-state index >= 15 is 4.39 Å². The van der Waals surface area contributed by atoms with Crippen LogP contribution in [-0.4, -0.2) is 47.6 Å². The smallest absolute Gasteiger partial charge is 0.335 e. The van der Waals surface area contributed by atoms with Crippen molar-refractivity contribution in [3.8, 4) is 11.5 Å². The third-order valence-corrected chi connectivity index (χ3v) is 6.41. The highest BCUT2D eigenvalue weighted by Crippen LogP contribution is 2.51. The monoisotopic (exact) mass is 494 g/mol. The predicted molar refractivity (Wildman–Crippen MR) is 132 cm³/mol. The average Bonchev–Trinajstić information content (AvgIpc) is 3.33. The van der Waals surface area contributed by atoms with Crippen LogP contribution in [0.15, 0.2) is 48.7 Å². The molecule has 1 aliphatic rings. The van der Waals surface area contributed by atoms with Crippen LogP contribution in [0.25, 0.3) is 10.9 Å². The first-order valence-electron chi connectivity index (χ1n) is 11.1. The number of anilines is 4. The molecule has 36 heavy (non-hydrogen) atoms. The van der Waals surface area contributed by atoms with E-state index in [1.807, 2.05) is 29.7 Å². The third kappa shape index (κ3) is 3.57. The number of aromatic carboxylic acids is 1. The summed E-state index contributed by atoms with van der Waals surface area (Å²) in [5, 5.41) is 16.6. The Kier molecular flexibility index (Phi) is 5.46. The number of halogens is 2. The van der Waals surface area contributed by atoms with Crippen LogP contribution in [0.2, 0.25) is 0 Å². The molecule has 2 heterocycles. The summed E-state index contributed by atoms with van der Waals surface area (Å²) >= 11 is 0. The standard InChI is InChI=1S/C26H24F2N4O4/c1-26(2)13-31(16-7-5-14(6-8-16)25(33)34)24-18(9-15-12-29-30-23(15)22(24)28)32(26)17-10-19(35-3)21(27)20(11-17)36-4/h5-12H,13H2,1-4H3,(H,29,30)(H,33,34). The Labute approximate surface area is 205 Å². The van der Waals surface area contributed by atoms with Crippen molar-refractivity contribution >= 4 is 39.6 Å². The molecule has 0 amide bonds. The number of carboxylic acids is 1. The van der Waals surface area contributed by atoms with E-state index in [1.165, 1.54) is 32.5 Å². The molecule has 4 aromatic rings. The second-order valence-corrected chi connectivity index (χ2v) is 9.14. The van der Waals surface area contributed by atoms with Gasteiger partial charge in [-0.05, 0) is 44.2 Å². The maximum Gasteiger partial charge on any atom is 0.335 e. The summed E-state index contributed by atoms with van der Waals surface area (Å²) in [5.41, 5.74) is 1.71. The van der Waals surface area contributed by atoms with E-state index in [4.69, 9.17) is 9.47 Å². The van der Waals surface area contributed by atoms with Crippen molar-refractivity contribution in [2.24, 2.45) is 0 Å². The number of carboxylic acid groups (broad SMARTS) is 1. The number of rotatable bonds is 5. The van der Waals surface area contributed by atoms with Gasteiger partial charge < -0.3 is 24.4 Å². The summed E-state index contributed by atoms with van der Waals surface area (Å²) in [7, 11) is 2.74. The predicted octanol–water partition coefficient (Wildman–Crippen LogP) is 5.62. The largest absolute Gasteiger partial charge is 0.493 e. The minimum Gasteiger partial charge on any atom is -0.493 e. The molecule has 0 unspecified atom stereocenters. The molecule has 2 N–H and O–H groups in total. The molecular weight excluding hydrogens is 470 g/mol. The molecule has 1 aliphatic heterocycles. The average molecular weight is 494 g/mol. The van der Waals surface area contributed by atoms with Crippen LogP contribution in [0.1, 0.15) is 24.2 Å². The van der Waals surface area contributed by atoms with E-state index in [9.17, 15) is 14.3 Å². The Bertz CT molecular complexity index is 1460. The molecule has 0 aliphatic carbocycles. The molecule has 5 rings (SSSR count). The van der Waals surface area contributed by atoms with Gasteiger partial charge in [-0.15, -0.1) is 0 Å². The van der Waals surface area contributed by atoms with E-state index < -0.39 is 23.1 Å². The van der Waals surface area contributed by atoms with Gasteiger partial charge in [-0.2, -0.15) is 9.49 Å². The molecule has 0 spiro atoms. The molecule has 3 aromatic carbocycles. The molecule has 1 aromatic heterocycles. The van der Waals surface area contributed by atoms with Gasteiger partial charge in [0.15, 0.2) is 17.3 Å². The fourth-order valence-corrected chi connectivity index (χ4v) is 4.79. The number of hydrogen-bond donors (Lipinski definition) is 2. The number of methoxy groups -OCH3 is 2. The topological polar surface area (TPSA) is 90.9 Å². The number of nitrogens with one attached hydrogen (secondary N) is 1. The van der Waals surface area contributed by atoms with E-state index in [-0.39, 0.29) is 28.3 Å². The Hall–Kier alpha value is -4.34. The summed E-state index contributed by atoms with van der Waals surface area (Å²) in [6.07, 6.45) is 1.54. The van der Waals surface area contributed by atoms with Crippen LogP contribution in [0.5, 0.6) is 11.5 Å². The number of carbonyl (C=O) groups is 1. The molecule has 10 heteroatoms. The van der Waals surface area contributed by atoms with E-state index in [1.54, 1.807) is 24.3 Å². The summed E-state index contributed by atoms with van der Waals surface area (Å²) < 4.78 is 41.3. The number of H-pyrrole nitrogens is 1. The Morgan fingerprint density at radius 2 is 1.67 bits per heavy atom. The minimum absolute atomic E-state index is 0.00162. The van der Waals surface area contributed by atoms with Crippen LogP contribution in [0, 0.1) is 11.6 Å². The van der Waals surface area contributed by atoms with Crippen molar-refractivity contribution in [2.75, 3.05) is 30.6 Å². The number of nitrogens with zero attached hydrogens (tertiary/aromatic N) is 3. The molecule has 0 atom stereocenters. The van der Waals surface area contributed by atoms with Gasteiger partial charge in [-0.1, -0.05) is 0 Å². The molecule has 186 valence electrons. The van der Waals surface area contributed by atoms with Gasteiger partial charge in [0.1, 0.15) is 11.2 Å². The second-order valence-electron chi connectivity index (χ2n) is 9.14. The second kappa shape index (κ2) is 8.40. The highest BCUT2D eigenvalue weighted by atomic mass is 19.1. The number of benzene rings is 3. The van der Waals surface area contributed by atoms with Gasteiger partial charge >= 0.3 is 5.97 Å². The summed E-state index contributed by atoms with van der Waals surface area (Å²) in [6, 6.07) is 11.2. The van der Waals surface area contributed by atoms with Crippen molar-refractivity contribution in [1.82, 2.24) is 10.2 Å². The Balaban J connectivity index is 1.77. The summed E-state index contributed by atoms with van der Waals surface area (Å²) in [4.78, 5) is 15.1. The highest BCUT2D eigenvalue weighted by molar-refractivity contribution is 5.97.